The van der Waals surface area contributed by atoms with Gasteiger partial charge in [-0.15, -0.1) is 0 Å². The molecule has 1 heterocycles. The van der Waals surface area contributed by atoms with Gasteiger partial charge >= 0.3 is 12.0 Å². The van der Waals surface area contributed by atoms with E-state index in [0.717, 1.165) is 24.2 Å². The number of rotatable bonds is 9. The van der Waals surface area contributed by atoms with Crippen molar-refractivity contribution in [3.05, 3.63) is 48.0 Å². The third-order valence-corrected chi connectivity index (χ3v) is 6.49. The van der Waals surface area contributed by atoms with Crippen LogP contribution in [0.2, 0.25) is 0 Å². The third kappa shape index (κ3) is 6.27. The fraction of sp³-hybridized carbons (Fsp3) is 0.444. The van der Waals surface area contributed by atoms with Gasteiger partial charge in [0.05, 0.1) is 19.8 Å². The lowest BCUT2D eigenvalue weighted by molar-refractivity contribution is -0.141. The number of methoxy groups -OCH3 is 1. The molecule has 1 aliphatic carbocycles. The molecule has 1 aliphatic heterocycles. The number of hydrogen-bond acceptors (Lipinski definition) is 6. The number of carbonyl (C=O) groups is 3. The molecule has 2 aliphatic rings. The zero-order chi connectivity index (χ0) is 25.5. The van der Waals surface area contributed by atoms with E-state index in [-0.39, 0.29) is 31.1 Å². The van der Waals surface area contributed by atoms with Crippen LogP contribution in [0.3, 0.4) is 0 Å². The van der Waals surface area contributed by atoms with Crippen molar-refractivity contribution in [1.29, 1.82) is 0 Å². The number of benzene rings is 2. The highest BCUT2D eigenvalue weighted by Gasteiger charge is 2.32. The summed E-state index contributed by atoms with van der Waals surface area (Å²) >= 11 is 0. The summed E-state index contributed by atoms with van der Waals surface area (Å²) < 4.78 is 16.5. The Morgan fingerprint density at radius 1 is 1.08 bits per heavy atom. The standard InChI is InChI=1S/C27H33N3O6/c1-3-35-26(32)16-28-27(33)29-20-7-6-8-21(15-20)30-17-19(14-25(30)31)18-11-12-23(34-2)24(13-18)36-22-9-4-5-10-22/h6-8,11-13,15,19,22H,3-5,9-10,14,16-17H2,1-2H3,(H2,28,29,33). The zero-order valence-electron chi connectivity index (χ0n) is 20.7. The first kappa shape index (κ1) is 25.3. The number of amides is 3. The maximum absolute atomic E-state index is 12.9. The first-order chi connectivity index (χ1) is 17.5. The van der Waals surface area contributed by atoms with E-state index in [1.165, 1.54) is 12.8 Å². The highest BCUT2D eigenvalue weighted by atomic mass is 16.5. The summed E-state index contributed by atoms with van der Waals surface area (Å²) in [5, 5.41) is 5.14. The lowest BCUT2D eigenvalue weighted by Crippen LogP contribution is -2.34. The van der Waals surface area contributed by atoms with Crippen LogP contribution in [0.25, 0.3) is 0 Å². The fourth-order valence-electron chi connectivity index (χ4n) is 4.70. The van der Waals surface area contributed by atoms with Crippen LogP contribution in [0.4, 0.5) is 16.2 Å². The molecule has 192 valence electrons. The van der Waals surface area contributed by atoms with Crippen molar-refractivity contribution in [1.82, 2.24) is 5.32 Å². The molecule has 2 aromatic carbocycles. The van der Waals surface area contributed by atoms with Crippen molar-refractivity contribution < 1.29 is 28.6 Å². The highest BCUT2D eigenvalue weighted by Crippen LogP contribution is 2.38. The van der Waals surface area contributed by atoms with E-state index < -0.39 is 12.0 Å². The number of hydrogen-bond donors (Lipinski definition) is 2. The predicted molar refractivity (Wildman–Crippen MR) is 136 cm³/mol. The number of ether oxygens (including phenoxy) is 3. The molecule has 36 heavy (non-hydrogen) atoms. The van der Waals surface area contributed by atoms with E-state index in [1.807, 2.05) is 24.3 Å². The number of carbonyl (C=O) groups excluding carboxylic acids is 3. The molecule has 2 fully saturated rings. The first-order valence-corrected chi connectivity index (χ1v) is 12.4. The van der Waals surface area contributed by atoms with Gasteiger partial charge in [0, 0.05) is 30.3 Å². The monoisotopic (exact) mass is 495 g/mol. The molecule has 0 spiro atoms. The average Bonchev–Trinajstić information content (AvgIpc) is 3.53. The van der Waals surface area contributed by atoms with Crippen LogP contribution in [0.15, 0.2) is 42.5 Å². The van der Waals surface area contributed by atoms with Gasteiger partial charge in [-0.3, -0.25) is 9.59 Å². The molecular weight excluding hydrogens is 462 g/mol. The summed E-state index contributed by atoms with van der Waals surface area (Å²) in [6.45, 7) is 2.25. The van der Waals surface area contributed by atoms with Gasteiger partial charge in [-0.05, 0) is 68.5 Å². The molecule has 2 aromatic rings. The lowest BCUT2D eigenvalue weighted by Gasteiger charge is -2.20. The quantitative estimate of drug-likeness (QED) is 0.505. The molecule has 1 saturated heterocycles. The normalized spacial score (nSPS) is 17.7. The summed E-state index contributed by atoms with van der Waals surface area (Å²) in [4.78, 5) is 38.2. The Balaban J connectivity index is 1.41. The molecule has 1 saturated carbocycles. The molecule has 1 atom stereocenters. The van der Waals surface area contributed by atoms with Gasteiger partial charge in [0.15, 0.2) is 11.5 Å². The second kappa shape index (κ2) is 11.8. The van der Waals surface area contributed by atoms with Crippen molar-refractivity contribution in [3.63, 3.8) is 0 Å². The van der Waals surface area contributed by atoms with Gasteiger partial charge in [0.2, 0.25) is 5.91 Å². The molecule has 4 rings (SSSR count). The van der Waals surface area contributed by atoms with Crippen LogP contribution in [-0.4, -0.2) is 50.8 Å². The SMILES string of the molecule is CCOC(=O)CNC(=O)Nc1cccc(N2CC(c3ccc(OC)c(OC4CCCC4)c3)CC2=O)c1. The number of nitrogens with zero attached hydrogens (tertiary/aromatic N) is 1. The number of urea groups is 1. The second-order valence-corrected chi connectivity index (χ2v) is 9.00. The van der Waals surface area contributed by atoms with E-state index in [1.54, 1.807) is 37.1 Å². The summed E-state index contributed by atoms with van der Waals surface area (Å²) in [5.74, 6) is 0.946. The summed E-state index contributed by atoms with van der Waals surface area (Å²) in [6.07, 6.45) is 5.05. The Morgan fingerprint density at radius 3 is 2.64 bits per heavy atom. The number of anilines is 2. The van der Waals surface area contributed by atoms with E-state index >= 15 is 0 Å². The molecule has 0 bridgehead atoms. The van der Waals surface area contributed by atoms with Gasteiger partial charge in [-0.1, -0.05) is 12.1 Å². The molecular formula is C27H33N3O6. The summed E-state index contributed by atoms with van der Waals surface area (Å²) in [6, 6.07) is 12.5. The highest BCUT2D eigenvalue weighted by molar-refractivity contribution is 5.98. The smallest absolute Gasteiger partial charge is 0.325 e. The van der Waals surface area contributed by atoms with Crippen LogP contribution >= 0.6 is 0 Å². The lowest BCUT2D eigenvalue weighted by atomic mass is 9.98. The molecule has 9 heteroatoms. The van der Waals surface area contributed by atoms with E-state index in [2.05, 4.69) is 10.6 Å². The van der Waals surface area contributed by atoms with Gasteiger partial charge in [0.1, 0.15) is 6.54 Å². The average molecular weight is 496 g/mol. The van der Waals surface area contributed by atoms with Gasteiger partial charge in [-0.25, -0.2) is 4.79 Å². The van der Waals surface area contributed by atoms with Gasteiger partial charge < -0.3 is 29.7 Å². The molecule has 2 N–H and O–H groups in total. The minimum atomic E-state index is -0.529. The van der Waals surface area contributed by atoms with Gasteiger partial charge in [-0.2, -0.15) is 0 Å². The number of nitrogens with one attached hydrogen (secondary N) is 2. The molecule has 3 amide bonds. The summed E-state index contributed by atoms with van der Waals surface area (Å²) in [7, 11) is 1.63. The second-order valence-electron chi connectivity index (χ2n) is 9.00. The van der Waals surface area contributed by atoms with Crippen LogP contribution in [0, 0.1) is 0 Å². The third-order valence-electron chi connectivity index (χ3n) is 6.49. The fourth-order valence-corrected chi connectivity index (χ4v) is 4.70. The Morgan fingerprint density at radius 2 is 1.89 bits per heavy atom. The predicted octanol–water partition coefficient (Wildman–Crippen LogP) is 4.22. The van der Waals surface area contributed by atoms with Crippen molar-refractivity contribution >= 4 is 29.3 Å². The zero-order valence-corrected chi connectivity index (χ0v) is 20.7. The summed E-state index contributed by atoms with van der Waals surface area (Å²) in [5.41, 5.74) is 2.25. The van der Waals surface area contributed by atoms with Gasteiger partial charge in [0.25, 0.3) is 0 Å². The minimum Gasteiger partial charge on any atom is -0.493 e. The van der Waals surface area contributed by atoms with Crippen LogP contribution in [-0.2, 0) is 14.3 Å². The Labute approximate surface area is 211 Å². The van der Waals surface area contributed by atoms with Crippen LogP contribution in [0.5, 0.6) is 11.5 Å². The molecule has 9 nitrogen and oxygen atoms in total. The van der Waals surface area contributed by atoms with Crippen molar-refractivity contribution in [3.8, 4) is 11.5 Å². The van der Waals surface area contributed by atoms with Crippen LogP contribution in [0.1, 0.15) is 50.5 Å². The maximum atomic E-state index is 12.9. The van der Waals surface area contributed by atoms with E-state index in [4.69, 9.17) is 14.2 Å². The largest absolute Gasteiger partial charge is 0.493 e. The number of esters is 1. The first-order valence-electron chi connectivity index (χ1n) is 12.4. The van der Waals surface area contributed by atoms with Crippen molar-refractivity contribution in [2.75, 3.05) is 37.0 Å². The van der Waals surface area contributed by atoms with Crippen LogP contribution < -0.4 is 25.0 Å². The molecule has 0 radical (unpaired) electrons. The molecule has 1 unspecified atom stereocenters. The Bertz CT molecular complexity index is 1100. The van der Waals surface area contributed by atoms with Crippen molar-refractivity contribution in [2.24, 2.45) is 0 Å². The minimum absolute atomic E-state index is 0.0120. The van der Waals surface area contributed by atoms with E-state index in [9.17, 15) is 14.4 Å². The topological polar surface area (TPSA) is 106 Å². The Kier molecular flexibility index (Phi) is 8.30. The maximum Gasteiger partial charge on any atom is 0.325 e. The Hall–Kier alpha value is -3.75. The molecule has 0 aromatic heterocycles. The van der Waals surface area contributed by atoms with E-state index in [0.29, 0.717) is 30.1 Å². The van der Waals surface area contributed by atoms with Crippen molar-refractivity contribution in [2.45, 2.75) is 51.0 Å².